The number of halogens is 2. The summed E-state index contributed by atoms with van der Waals surface area (Å²) in [4.78, 5) is 12.2. The highest BCUT2D eigenvalue weighted by Gasteiger charge is 2.16. The Morgan fingerprint density at radius 2 is 1.84 bits per heavy atom. The van der Waals surface area contributed by atoms with E-state index in [-0.39, 0.29) is 12.5 Å². The van der Waals surface area contributed by atoms with Gasteiger partial charge in [-0.2, -0.15) is 0 Å². The first kappa shape index (κ1) is 17.5. The van der Waals surface area contributed by atoms with E-state index in [0.29, 0.717) is 51.9 Å². The number of benzene rings is 2. The second-order valence-electron chi connectivity index (χ2n) is 5.23. The van der Waals surface area contributed by atoms with Crippen molar-refractivity contribution in [3.63, 3.8) is 0 Å². The summed E-state index contributed by atoms with van der Waals surface area (Å²) in [5.74, 6) is 1.44. The Morgan fingerprint density at radius 1 is 1.12 bits per heavy atom. The molecule has 2 aromatic carbocycles. The van der Waals surface area contributed by atoms with Gasteiger partial charge >= 0.3 is 0 Å². The SMILES string of the molecule is COc1ccc(NCC(=O)Nc2cc3c(cc2Cl)OCCO3)cc1Cl. The zero-order valence-corrected chi connectivity index (χ0v) is 14.9. The van der Waals surface area contributed by atoms with Gasteiger partial charge in [-0.3, -0.25) is 4.79 Å². The van der Waals surface area contributed by atoms with Gasteiger partial charge in [-0.1, -0.05) is 23.2 Å². The lowest BCUT2D eigenvalue weighted by molar-refractivity contribution is -0.114. The summed E-state index contributed by atoms with van der Waals surface area (Å²) in [7, 11) is 1.54. The van der Waals surface area contributed by atoms with Gasteiger partial charge < -0.3 is 24.8 Å². The van der Waals surface area contributed by atoms with Crippen LogP contribution in [-0.2, 0) is 4.79 Å². The summed E-state index contributed by atoms with van der Waals surface area (Å²) < 4.78 is 16.0. The number of hydrogen-bond donors (Lipinski definition) is 2. The van der Waals surface area contributed by atoms with Crippen molar-refractivity contribution in [1.29, 1.82) is 0 Å². The molecule has 25 heavy (non-hydrogen) atoms. The van der Waals surface area contributed by atoms with Crippen LogP contribution in [-0.4, -0.2) is 32.8 Å². The van der Waals surface area contributed by atoms with Gasteiger partial charge in [0.25, 0.3) is 0 Å². The highest BCUT2D eigenvalue weighted by molar-refractivity contribution is 6.34. The van der Waals surface area contributed by atoms with Crippen LogP contribution in [0.1, 0.15) is 0 Å². The molecule has 2 aromatic rings. The maximum absolute atomic E-state index is 12.2. The first-order valence-electron chi connectivity index (χ1n) is 7.53. The van der Waals surface area contributed by atoms with Crippen molar-refractivity contribution >= 4 is 40.5 Å². The standard InChI is InChI=1S/C17H16Cl2N2O4/c1-23-14-3-2-10(6-12(14)19)20-9-17(22)21-13-8-16-15(7-11(13)18)24-4-5-25-16/h2-3,6-8,20H,4-5,9H2,1H3,(H,21,22). The van der Waals surface area contributed by atoms with Crippen LogP contribution in [0.5, 0.6) is 17.2 Å². The van der Waals surface area contributed by atoms with Crippen LogP contribution in [0, 0.1) is 0 Å². The Morgan fingerprint density at radius 3 is 2.52 bits per heavy atom. The van der Waals surface area contributed by atoms with Crippen LogP contribution < -0.4 is 24.8 Å². The van der Waals surface area contributed by atoms with Crippen molar-refractivity contribution in [2.75, 3.05) is 37.5 Å². The molecule has 3 rings (SSSR count). The molecule has 0 unspecified atom stereocenters. The van der Waals surface area contributed by atoms with Gasteiger partial charge in [-0.05, 0) is 18.2 Å². The van der Waals surface area contributed by atoms with Crippen LogP contribution in [0.4, 0.5) is 11.4 Å². The number of amides is 1. The molecule has 1 amide bonds. The average Bonchev–Trinajstić information content (AvgIpc) is 2.61. The third-order valence-electron chi connectivity index (χ3n) is 3.51. The molecule has 0 fully saturated rings. The lowest BCUT2D eigenvalue weighted by atomic mass is 10.2. The number of ether oxygens (including phenoxy) is 3. The molecule has 0 aromatic heterocycles. The molecule has 0 spiro atoms. The molecule has 2 N–H and O–H groups in total. The van der Waals surface area contributed by atoms with Gasteiger partial charge in [0.1, 0.15) is 19.0 Å². The van der Waals surface area contributed by atoms with E-state index in [9.17, 15) is 4.79 Å². The Labute approximate surface area is 155 Å². The molecule has 0 aliphatic carbocycles. The minimum absolute atomic E-state index is 0.0490. The fraction of sp³-hybridized carbons (Fsp3) is 0.235. The first-order valence-corrected chi connectivity index (χ1v) is 8.29. The van der Waals surface area contributed by atoms with Crippen molar-refractivity contribution in [2.45, 2.75) is 0 Å². The average molecular weight is 383 g/mol. The highest BCUT2D eigenvalue weighted by atomic mass is 35.5. The van der Waals surface area contributed by atoms with Crippen molar-refractivity contribution in [1.82, 2.24) is 0 Å². The van der Waals surface area contributed by atoms with Crippen LogP contribution >= 0.6 is 23.2 Å². The summed E-state index contributed by atoms with van der Waals surface area (Å²) in [5, 5.41) is 6.57. The molecule has 132 valence electrons. The molecule has 1 aliphatic rings. The van der Waals surface area contributed by atoms with Gasteiger partial charge in [0.15, 0.2) is 11.5 Å². The van der Waals surface area contributed by atoms with Crippen molar-refractivity contribution in [3.8, 4) is 17.2 Å². The molecule has 1 heterocycles. The van der Waals surface area contributed by atoms with E-state index >= 15 is 0 Å². The van der Waals surface area contributed by atoms with E-state index in [2.05, 4.69) is 10.6 Å². The van der Waals surface area contributed by atoms with Gasteiger partial charge in [-0.25, -0.2) is 0 Å². The third-order valence-corrected chi connectivity index (χ3v) is 4.12. The molecule has 0 atom stereocenters. The van der Waals surface area contributed by atoms with Crippen molar-refractivity contribution in [3.05, 3.63) is 40.4 Å². The van der Waals surface area contributed by atoms with Gasteiger partial charge in [-0.15, -0.1) is 0 Å². The second kappa shape index (κ2) is 7.72. The van der Waals surface area contributed by atoms with E-state index in [4.69, 9.17) is 37.4 Å². The fourth-order valence-corrected chi connectivity index (χ4v) is 2.77. The number of fused-ring (bicyclic) bond motifs is 1. The molecule has 0 saturated carbocycles. The molecule has 6 nitrogen and oxygen atoms in total. The van der Waals surface area contributed by atoms with Gasteiger partial charge in [0, 0.05) is 17.8 Å². The minimum Gasteiger partial charge on any atom is -0.495 e. The Bertz CT molecular complexity index is 798. The molecule has 1 aliphatic heterocycles. The summed E-state index contributed by atoms with van der Waals surface area (Å²) in [6, 6.07) is 8.46. The number of anilines is 2. The number of methoxy groups -OCH3 is 1. The minimum atomic E-state index is -0.259. The Balaban J connectivity index is 1.62. The fourth-order valence-electron chi connectivity index (χ4n) is 2.31. The monoisotopic (exact) mass is 382 g/mol. The molecule has 0 bridgehead atoms. The Hall–Kier alpha value is -2.31. The second-order valence-corrected chi connectivity index (χ2v) is 6.04. The lowest BCUT2D eigenvalue weighted by Gasteiger charge is -2.20. The maximum atomic E-state index is 12.2. The number of rotatable bonds is 5. The van der Waals surface area contributed by atoms with E-state index < -0.39 is 0 Å². The summed E-state index contributed by atoms with van der Waals surface area (Å²) >= 11 is 12.2. The lowest BCUT2D eigenvalue weighted by Crippen LogP contribution is -2.22. The normalized spacial score (nSPS) is 12.4. The van der Waals surface area contributed by atoms with Crippen LogP contribution in [0.2, 0.25) is 10.0 Å². The Kier molecular flexibility index (Phi) is 5.40. The molecular formula is C17H16Cl2N2O4. The summed E-state index contributed by atoms with van der Waals surface area (Å²) in [6.07, 6.45) is 0. The maximum Gasteiger partial charge on any atom is 0.243 e. The van der Waals surface area contributed by atoms with Crippen LogP contribution in [0.3, 0.4) is 0 Å². The van der Waals surface area contributed by atoms with Crippen LogP contribution in [0.15, 0.2) is 30.3 Å². The number of carbonyl (C=O) groups excluding carboxylic acids is 1. The van der Waals surface area contributed by atoms with E-state index in [1.165, 1.54) is 0 Å². The molecular weight excluding hydrogens is 367 g/mol. The summed E-state index contributed by atoms with van der Waals surface area (Å²) in [5.41, 5.74) is 1.17. The zero-order chi connectivity index (χ0) is 17.8. The molecule has 8 heteroatoms. The van der Waals surface area contributed by atoms with Gasteiger partial charge in [0.2, 0.25) is 5.91 Å². The number of hydrogen-bond acceptors (Lipinski definition) is 5. The molecule has 0 saturated heterocycles. The number of carbonyl (C=O) groups is 1. The quantitative estimate of drug-likeness (QED) is 0.822. The highest BCUT2D eigenvalue weighted by Crippen LogP contribution is 2.37. The van der Waals surface area contributed by atoms with E-state index in [1.807, 2.05) is 0 Å². The predicted molar refractivity (Wildman–Crippen MR) is 97.6 cm³/mol. The van der Waals surface area contributed by atoms with Gasteiger partial charge in [0.05, 0.1) is 29.4 Å². The third kappa shape index (κ3) is 4.21. The summed E-state index contributed by atoms with van der Waals surface area (Å²) in [6.45, 7) is 0.985. The number of nitrogens with one attached hydrogen (secondary N) is 2. The smallest absolute Gasteiger partial charge is 0.243 e. The first-order chi connectivity index (χ1) is 12.1. The van der Waals surface area contributed by atoms with Crippen LogP contribution in [0.25, 0.3) is 0 Å². The molecule has 0 radical (unpaired) electrons. The van der Waals surface area contributed by atoms with E-state index in [0.717, 1.165) is 0 Å². The predicted octanol–water partition coefficient (Wildman–Crippen LogP) is 3.82. The van der Waals surface area contributed by atoms with Crippen molar-refractivity contribution < 1.29 is 19.0 Å². The largest absolute Gasteiger partial charge is 0.495 e. The zero-order valence-electron chi connectivity index (χ0n) is 13.4. The van der Waals surface area contributed by atoms with Crippen molar-refractivity contribution in [2.24, 2.45) is 0 Å². The topological polar surface area (TPSA) is 68.8 Å². The van der Waals surface area contributed by atoms with E-state index in [1.54, 1.807) is 37.4 Å².